The second-order valence-electron chi connectivity index (χ2n) is 2.87. The van der Waals surface area contributed by atoms with Crippen molar-refractivity contribution in [1.29, 1.82) is 0 Å². The van der Waals surface area contributed by atoms with E-state index in [1.807, 2.05) is 0 Å². The van der Waals surface area contributed by atoms with Crippen molar-refractivity contribution < 1.29 is 19.5 Å². The highest BCUT2D eigenvalue weighted by atomic mass is 79.9. The third kappa shape index (κ3) is 2.66. The van der Waals surface area contributed by atoms with Crippen LogP contribution in [0.5, 0.6) is 0 Å². The molecular weight excluding hydrogens is 278 g/mol. The maximum atomic E-state index is 11.4. The standard InChI is InChI=1S/C10H8BrNO4/c11-12(9(14)5-6-13)8-4-2-1-3-7(8)10(15)16/h1-4,6H,5H2,(H,15,16). The number of hydrogen-bond acceptors (Lipinski definition) is 3. The summed E-state index contributed by atoms with van der Waals surface area (Å²) in [6.45, 7) is 0. The lowest BCUT2D eigenvalue weighted by molar-refractivity contribution is -0.120. The fourth-order valence-corrected chi connectivity index (χ4v) is 1.57. The molecule has 1 rings (SSSR count). The summed E-state index contributed by atoms with van der Waals surface area (Å²) in [4.78, 5) is 32.4. The van der Waals surface area contributed by atoms with E-state index in [0.717, 1.165) is 3.93 Å². The van der Waals surface area contributed by atoms with E-state index in [1.54, 1.807) is 12.1 Å². The van der Waals surface area contributed by atoms with Gasteiger partial charge in [-0.3, -0.25) is 4.79 Å². The predicted molar refractivity (Wildman–Crippen MR) is 60.5 cm³/mol. The number of carbonyl (C=O) groups is 3. The minimum absolute atomic E-state index is 0.0152. The Hall–Kier alpha value is -1.69. The molecule has 84 valence electrons. The molecular formula is C10H8BrNO4. The summed E-state index contributed by atoms with van der Waals surface area (Å²) >= 11 is 2.93. The number of aromatic carboxylic acids is 1. The third-order valence-electron chi connectivity index (χ3n) is 1.82. The van der Waals surface area contributed by atoms with Gasteiger partial charge >= 0.3 is 5.97 Å². The highest BCUT2D eigenvalue weighted by molar-refractivity contribution is 9.10. The summed E-state index contributed by atoms with van der Waals surface area (Å²) in [6, 6.07) is 6.00. The lowest BCUT2D eigenvalue weighted by Gasteiger charge is -2.15. The molecule has 0 aliphatic carbocycles. The number of para-hydroxylation sites is 1. The number of aldehydes is 1. The largest absolute Gasteiger partial charge is 0.478 e. The zero-order valence-corrected chi connectivity index (χ0v) is 9.68. The Morgan fingerprint density at radius 3 is 2.56 bits per heavy atom. The average Bonchev–Trinajstić information content (AvgIpc) is 2.28. The quantitative estimate of drug-likeness (QED) is 0.518. The zero-order chi connectivity index (χ0) is 12.1. The van der Waals surface area contributed by atoms with Crippen LogP contribution < -0.4 is 3.93 Å². The van der Waals surface area contributed by atoms with Crippen LogP contribution in [-0.4, -0.2) is 23.3 Å². The van der Waals surface area contributed by atoms with Crippen LogP contribution in [0.25, 0.3) is 0 Å². The molecule has 5 nitrogen and oxygen atoms in total. The fourth-order valence-electron chi connectivity index (χ4n) is 1.11. The first kappa shape index (κ1) is 12.4. The summed E-state index contributed by atoms with van der Waals surface area (Å²) in [6.07, 6.45) is 0.152. The van der Waals surface area contributed by atoms with Gasteiger partial charge in [0.05, 0.1) is 33.8 Å². The maximum absolute atomic E-state index is 11.4. The molecule has 1 aromatic rings. The Labute approximate surface area is 100 Å². The van der Waals surface area contributed by atoms with E-state index in [0.29, 0.717) is 6.29 Å². The van der Waals surface area contributed by atoms with E-state index in [4.69, 9.17) is 5.11 Å². The third-order valence-corrected chi connectivity index (χ3v) is 2.60. The molecule has 0 saturated heterocycles. The molecule has 1 aromatic carbocycles. The monoisotopic (exact) mass is 285 g/mol. The molecule has 0 aromatic heterocycles. The summed E-state index contributed by atoms with van der Waals surface area (Å²) in [7, 11) is 0. The van der Waals surface area contributed by atoms with Gasteiger partial charge in [0.1, 0.15) is 6.29 Å². The van der Waals surface area contributed by atoms with Gasteiger partial charge in [-0.25, -0.2) is 8.72 Å². The van der Waals surface area contributed by atoms with Gasteiger partial charge in [-0.1, -0.05) is 12.1 Å². The van der Waals surface area contributed by atoms with Gasteiger partial charge in [-0.15, -0.1) is 0 Å². The van der Waals surface area contributed by atoms with Gasteiger partial charge in [0.2, 0.25) is 5.91 Å². The Morgan fingerprint density at radius 1 is 1.38 bits per heavy atom. The van der Waals surface area contributed by atoms with Crippen molar-refractivity contribution in [3.05, 3.63) is 29.8 Å². The molecule has 0 unspecified atom stereocenters. The second kappa shape index (κ2) is 5.41. The lowest BCUT2D eigenvalue weighted by atomic mass is 10.2. The molecule has 0 fully saturated rings. The van der Waals surface area contributed by atoms with Crippen molar-refractivity contribution >= 4 is 40.0 Å². The van der Waals surface area contributed by atoms with Gasteiger partial charge < -0.3 is 9.90 Å². The maximum Gasteiger partial charge on any atom is 0.337 e. The molecule has 16 heavy (non-hydrogen) atoms. The van der Waals surface area contributed by atoms with Crippen molar-refractivity contribution in [1.82, 2.24) is 0 Å². The molecule has 0 saturated carbocycles. The predicted octanol–water partition coefficient (Wildman–Crippen LogP) is 1.62. The first-order chi connectivity index (χ1) is 7.57. The van der Waals surface area contributed by atoms with Crippen LogP contribution in [0, 0.1) is 0 Å². The normalized spacial score (nSPS) is 9.56. The topological polar surface area (TPSA) is 74.7 Å². The van der Waals surface area contributed by atoms with Gasteiger partial charge in [-0.05, 0) is 12.1 Å². The molecule has 1 N–H and O–H groups in total. The van der Waals surface area contributed by atoms with Gasteiger partial charge in [0.25, 0.3) is 0 Å². The number of benzene rings is 1. The van der Waals surface area contributed by atoms with E-state index in [-0.39, 0.29) is 17.7 Å². The van der Waals surface area contributed by atoms with Crippen molar-refractivity contribution in [2.45, 2.75) is 6.42 Å². The summed E-state index contributed by atoms with van der Waals surface area (Å²) < 4.78 is 0.977. The number of carboxylic acids is 1. The first-order valence-electron chi connectivity index (χ1n) is 4.32. The van der Waals surface area contributed by atoms with Crippen molar-refractivity contribution in [2.75, 3.05) is 3.93 Å². The number of carbonyl (C=O) groups excluding carboxylic acids is 2. The first-order valence-corrected chi connectivity index (χ1v) is 5.03. The van der Waals surface area contributed by atoms with E-state index in [2.05, 4.69) is 16.1 Å². The summed E-state index contributed by atoms with van der Waals surface area (Å²) in [5.74, 6) is -1.66. The van der Waals surface area contributed by atoms with Crippen molar-refractivity contribution in [3.63, 3.8) is 0 Å². The number of halogens is 1. The number of nitrogens with zero attached hydrogens (tertiary/aromatic N) is 1. The number of amides is 1. The van der Waals surface area contributed by atoms with E-state index >= 15 is 0 Å². The van der Waals surface area contributed by atoms with Gasteiger partial charge in [0, 0.05) is 0 Å². The number of rotatable bonds is 4. The molecule has 6 heteroatoms. The van der Waals surface area contributed by atoms with Crippen LogP contribution in [0.15, 0.2) is 24.3 Å². The van der Waals surface area contributed by atoms with Gasteiger partial charge in [0.15, 0.2) is 0 Å². The molecule has 0 heterocycles. The van der Waals surface area contributed by atoms with E-state index < -0.39 is 11.9 Å². The summed E-state index contributed by atoms with van der Waals surface area (Å²) in [5.41, 5.74) is 0.181. The van der Waals surface area contributed by atoms with E-state index in [9.17, 15) is 14.4 Å². The Kier molecular flexibility index (Phi) is 4.19. The zero-order valence-electron chi connectivity index (χ0n) is 8.09. The number of carboxylic acid groups (broad SMARTS) is 1. The van der Waals surface area contributed by atoms with Crippen LogP contribution in [0.2, 0.25) is 0 Å². The minimum Gasteiger partial charge on any atom is -0.478 e. The fraction of sp³-hybridized carbons (Fsp3) is 0.100. The number of anilines is 1. The Bertz CT molecular complexity index is 433. The highest BCUT2D eigenvalue weighted by Crippen LogP contribution is 2.23. The molecule has 0 radical (unpaired) electrons. The van der Waals surface area contributed by atoms with Crippen LogP contribution >= 0.6 is 16.1 Å². The van der Waals surface area contributed by atoms with Crippen LogP contribution in [-0.2, 0) is 9.59 Å². The summed E-state index contributed by atoms with van der Waals surface area (Å²) in [5, 5.41) is 8.90. The van der Waals surface area contributed by atoms with Crippen LogP contribution in [0.3, 0.4) is 0 Å². The van der Waals surface area contributed by atoms with Crippen LogP contribution in [0.1, 0.15) is 16.8 Å². The van der Waals surface area contributed by atoms with Gasteiger partial charge in [-0.2, -0.15) is 0 Å². The molecule has 0 aliphatic heterocycles. The average molecular weight is 286 g/mol. The molecule has 1 amide bonds. The Morgan fingerprint density at radius 2 is 2.00 bits per heavy atom. The highest BCUT2D eigenvalue weighted by Gasteiger charge is 2.18. The van der Waals surface area contributed by atoms with Crippen molar-refractivity contribution in [3.8, 4) is 0 Å². The second-order valence-corrected chi connectivity index (χ2v) is 3.58. The molecule has 0 atom stereocenters. The lowest BCUT2D eigenvalue weighted by Crippen LogP contribution is -2.22. The molecule has 0 aliphatic rings. The SMILES string of the molecule is O=CCC(=O)N(Br)c1ccccc1C(=O)O. The van der Waals surface area contributed by atoms with Crippen LogP contribution in [0.4, 0.5) is 5.69 Å². The minimum atomic E-state index is -1.14. The Balaban J connectivity index is 3.07. The smallest absolute Gasteiger partial charge is 0.337 e. The van der Waals surface area contributed by atoms with Crippen molar-refractivity contribution in [2.24, 2.45) is 0 Å². The molecule has 0 bridgehead atoms. The number of hydrogen-bond donors (Lipinski definition) is 1. The van der Waals surface area contributed by atoms with E-state index in [1.165, 1.54) is 12.1 Å². The molecule has 0 spiro atoms.